The molecule has 0 unspecified atom stereocenters. The van der Waals surface area contributed by atoms with E-state index >= 15 is 0 Å². The van der Waals surface area contributed by atoms with Crippen LogP contribution in [0.5, 0.6) is 5.75 Å². The van der Waals surface area contributed by atoms with E-state index in [0.29, 0.717) is 12.1 Å². The molecule has 0 bridgehead atoms. The Bertz CT molecular complexity index is 896. The van der Waals surface area contributed by atoms with Crippen LogP contribution in [-0.2, 0) is 6.73 Å². The number of hydrogen-bond acceptors (Lipinski definition) is 2. The Kier molecular flexibility index (Phi) is 3.01. The Labute approximate surface area is 132 Å². The maximum atomic E-state index is 14.1. The molecule has 0 N–H and O–H groups in total. The molecule has 3 aromatic rings. The molecule has 2 aromatic heterocycles. The first-order valence-electron chi connectivity index (χ1n) is 7.37. The van der Waals surface area contributed by atoms with E-state index in [2.05, 4.69) is 20.9 Å². The van der Waals surface area contributed by atoms with Gasteiger partial charge in [0.15, 0.2) is 0 Å². The van der Waals surface area contributed by atoms with Crippen LogP contribution >= 0.6 is 0 Å². The molecule has 0 aliphatic carbocycles. The van der Waals surface area contributed by atoms with Crippen molar-refractivity contribution < 1.29 is 9.13 Å². The zero-order chi connectivity index (χ0) is 15.5. The summed E-state index contributed by atoms with van der Waals surface area (Å²) < 4.78 is 23.1. The molecule has 0 fully saturated rings. The van der Waals surface area contributed by atoms with Gasteiger partial charge in [-0.3, -0.25) is 0 Å². The van der Waals surface area contributed by atoms with Crippen LogP contribution in [-0.4, -0.2) is 27.9 Å². The van der Waals surface area contributed by atoms with Gasteiger partial charge in [0.2, 0.25) is 0 Å². The van der Waals surface area contributed by atoms with Gasteiger partial charge in [-0.2, -0.15) is 0 Å². The van der Waals surface area contributed by atoms with Crippen molar-refractivity contribution >= 4 is 33.0 Å². The Morgan fingerprint density at radius 2 is 2.00 bits per heavy atom. The molecule has 1 aliphatic rings. The summed E-state index contributed by atoms with van der Waals surface area (Å²) in [6.07, 6.45) is 0. The van der Waals surface area contributed by atoms with Crippen molar-refractivity contribution in [2.24, 2.45) is 0 Å². The van der Waals surface area contributed by atoms with Gasteiger partial charge in [0.25, 0.3) is 0 Å². The van der Waals surface area contributed by atoms with Gasteiger partial charge in [-0.25, -0.2) is 0 Å². The molecule has 4 rings (SSSR count). The van der Waals surface area contributed by atoms with Crippen molar-refractivity contribution in [3.8, 4) is 17.1 Å². The Morgan fingerprint density at radius 3 is 2.77 bits per heavy atom. The predicted molar refractivity (Wildman–Crippen MR) is 88.7 cm³/mol. The molecule has 0 amide bonds. The number of aromatic nitrogens is 2. The number of nitrogens with zero attached hydrogens (tertiary/aromatic N) is 2. The third-order valence-corrected chi connectivity index (χ3v) is 9.29. The van der Waals surface area contributed by atoms with E-state index in [-0.39, 0.29) is 5.82 Å². The zero-order valence-corrected chi connectivity index (χ0v) is 15.7. The van der Waals surface area contributed by atoms with E-state index in [1.165, 1.54) is 9.78 Å². The minimum atomic E-state index is -2.26. The molecule has 0 saturated carbocycles. The van der Waals surface area contributed by atoms with Crippen LogP contribution in [0.4, 0.5) is 4.39 Å². The fourth-order valence-electron chi connectivity index (χ4n) is 2.88. The second-order valence-corrected chi connectivity index (χ2v) is 21.0. The van der Waals surface area contributed by atoms with Gasteiger partial charge in [-0.05, 0) is 0 Å². The second-order valence-electron chi connectivity index (χ2n) is 6.70. The molecule has 3 heterocycles. The molecule has 0 atom stereocenters. The first-order chi connectivity index (χ1) is 10.4. The van der Waals surface area contributed by atoms with Crippen molar-refractivity contribution in [1.29, 1.82) is 0 Å². The van der Waals surface area contributed by atoms with Gasteiger partial charge < -0.3 is 0 Å². The van der Waals surface area contributed by atoms with Crippen LogP contribution in [0.3, 0.4) is 0 Å². The first-order valence-corrected chi connectivity index (χ1v) is 17.4. The Morgan fingerprint density at radius 1 is 1.18 bits per heavy atom. The molecule has 3 nitrogen and oxygen atoms in total. The molecule has 1 aromatic carbocycles. The van der Waals surface area contributed by atoms with Crippen LogP contribution in [0.2, 0.25) is 14.8 Å². The monoisotopic (exact) mass is 404 g/mol. The van der Waals surface area contributed by atoms with Crippen molar-refractivity contribution in [2.45, 2.75) is 21.5 Å². The molecule has 0 saturated heterocycles. The summed E-state index contributed by atoms with van der Waals surface area (Å²) >= 11 is -2.26. The quantitative estimate of drug-likeness (QED) is 0.580. The average Bonchev–Trinajstić information content (AvgIpc) is 2.86. The fraction of sp³-hybridized carbons (Fsp3) is 0.235. The summed E-state index contributed by atoms with van der Waals surface area (Å²) in [5.41, 5.74) is 2.64. The fourth-order valence-corrected chi connectivity index (χ4v) is 5.82. The number of benzene rings is 1. The molecule has 112 valence electrons. The summed E-state index contributed by atoms with van der Waals surface area (Å²) in [7, 11) is 0. The number of halogens is 1. The first kappa shape index (κ1) is 14.1. The van der Waals surface area contributed by atoms with Crippen molar-refractivity contribution in [3.63, 3.8) is 0 Å². The zero-order valence-electron chi connectivity index (χ0n) is 12.9. The number of fused-ring (bicyclic) bond motifs is 5. The molecule has 0 radical (unpaired) electrons. The normalized spacial score (nSPS) is 13.6. The average molecular weight is 403 g/mol. The van der Waals surface area contributed by atoms with Crippen LogP contribution in [0.25, 0.3) is 22.3 Å². The second kappa shape index (κ2) is 4.72. The minimum absolute atomic E-state index is 0.202. The predicted octanol–water partition coefficient (Wildman–Crippen LogP) is 3.74. The summed E-state index contributed by atoms with van der Waals surface area (Å²) in [6.45, 7) is 0.398. The van der Waals surface area contributed by atoms with E-state index in [1.807, 2.05) is 22.8 Å². The summed E-state index contributed by atoms with van der Waals surface area (Å²) in [4.78, 5) is 11.9. The summed E-state index contributed by atoms with van der Waals surface area (Å²) in [5.74, 6) is 0.585. The van der Waals surface area contributed by atoms with E-state index < -0.39 is 18.4 Å². The molecule has 22 heavy (non-hydrogen) atoms. The number of hydrogen-bond donors (Lipinski definition) is 0. The van der Waals surface area contributed by atoms with Gasteiger partial charge in [-0.1, -0.05) is 0 Å². The summed E-state index contributed by atoms with van der Waals surface area (Å²) in [6, 6.07) is 11.1. The van der Waals surface area contributed by atoms with Crippen molar-refractivity contribution in [1.82, 2.24) is 9.55 Å². The molecule has 1 aliphatic heterocycles. The molecule has 0 spiro atoms. The standard InChI is InChI=1S/C14H8FN2O.3CH3.Sn/c15-10-3-1-4-11-9(10)7-12-14-13(5-2-6-16-14)18-8-17(11)12;;;;/h1-5,7H,8H2;3*1H3;. The van der Waals surface area contributed by atoms with Crippen molar-refractivity contribution in [3.05, 3.63) is 42.2 Å². The third-order valence-electron chi connectivity index (χ3n) is 4.11. The number of ether oxygens (including phenoxy) is 1. The van der Waals surface area contributed by atoms with Crippen LogP contribution in [0.1, 0.15) is 0 Å². The Balaban J connectivity index is 2.00. The van der Waals surface area contributed by atoms with Crippen molar-refractivity contribution in [2.75, 3.05) is 0 Å². The van der Waals surface area contributed by atoms with Gasteiger partial charge in [0.1, 0.15) is 0 Å². The number of pyridine rings is 1. The van der Waals surface area contributed by atoms with E-state index in [0.717, 1.165) is 22.7 Å². The van der Waals surface area contributed by atoms with Gasteiger partial charge in [0.05, 0.1) is 0 Å². The number of rotatable bonds is 1. The van der Waals surface area contributed by atoms with E-state index in [1.54, 1.807) is 6.07 Å². The van der Waals surface area contributed by atoms with E-state index in [4.69, 9.17) is 9.72 Å². The topological polar surface area (TPSA) is 27.1 Å². The van der Waals surface area contributed by atoms with E-state index in [9.17, 15) is 4.39 Å². The van der Waals surface area contributed by atoms with Gasteiger partial charge in [0, 0.05) is 0 Å². The molecular formula is C17H17FN2OSn. The van der Waals surface area contributed by atoms with Gasteiger partial charge >= 0.3 is 133 Å². The molecule has 5 heteroatoms. The summed E-state index contributed by atoms with van der Waals surface area (Å²) in [5, 5.41) is 0.625. The van der Waals surface area contributed by atoms with Crippen LogP contribution < -0.4 is 8.45 Å². The third kappa shape index (κ3) is 2.04. The SMILES string of the molecule is [CH3][Sn]([CH3])([CH3])[c]1ccc2c(n1)-c1cc3c(F)cccc3n1CO2. The van der Waals surface area contributed by atoms with Crippen LogP contribution in [0, 0.1) is 5.82 Å². The molecular weight excluding hydrogens is 386 g/mol. The van der Waals surface area contributed by atoms with Gasteiger partial charge in [-0.15, -0.1) is 0 Å². The maximum absolute atomic E-state index is 14.1. The Hall–Kier alpha value is -1.56. The van der Waals surface area contributed by atoms with Crippen LogP contribution in [0.15, 0.2) is 36.4 Å².